The summed E-state index contributed by atoms with van der Waals surface area (Å²) in [5.41, 5.74) is 1.26. The molecule has 0 atom stereocenters. The molecule has 104 valence electrons. The minimum Gasteiger partial charge on any atom is -0.373 e. The van der Waals surface area contributed by atoms with Crippen LogP contribution in [0.2, 0.25) is 0 Å². The lowest BCUT2D eigenvalue weighted by molar-refractivity contribution is 0.0805. The van der Waals surface area contributed by atoms with E-state index in [1.807, 2.05) is 6.07 Å². The Morgan fingerprint density at radius 2 is 2.17 bits per heavy atom. The predicted molar refractivity (Wildman–Crippen MR) is 72.2 cm³/mol. The highest BCUT2D eigenvalue weighted by Gasteiger charge is 2.10. The fourth-order valence-corrected chi connectivity index (χ4v) is 1.45. The summed E-state index contributed by atoms with van der Waals surface area (Å²) >= 11 is 0. The van der Waals surface area contributed by atoms with Crippen LogP contribution < -0.4 is 5.32 Å². The SMILES string of the molecule is CCCNCc1cc(COCCC(C)(C)C)on1. The van der Waals surface area contributed by atoms with Crippen molar-refractivity contribution < 1.29 is 9.26 Å². The zero-order chi connectivity index (χ0) is 13.4. The van der Waals surface area contributed by atoms with Gasteiger partial charge in [0.25, 0.3) is 0 Å². The molecule has 4 heteroatoms. The lowest BCUT2D eigenvalue weighted by atomic mass is 9.93. The molecule has 0 fully saturated rings. The molecule has 0 aliphatic carbocycles. The molecule has 0 saturated heterocycles. The van der Waals surface area contributed by atoms with Gasteiger partial charge >= 0.3 is 0 Å². The molecule has 1 aromatic heterocycles. The molecule has 18 heavy (non-hydrogen) atoms. The van der Waals surface area contributed by atoms with Crippen molar-refractivity contribution in [2.24, 2.45) is 5.41 Å². The van der Waals surface area contributed by atoms with E-state index in [9.17, 15) is 0 Å². The first-order valence-corrected chi connectivity index (χ1v) is 6.74. The molecule has 0 aliphatic heterocycles. The summed E-state index contributed by atoms with van der Waals surface area (Å²) in [7, 11) is 0. The molecule has 0 aliphatic rings. The zero-order valence-corrected chi connectivity index (χ0v) is 12.1. The van der Waals surface area contributed by atoms with Crippen molar-refractivity contribution >= 4 is 0 Å². The Kier molecular flexibility index (Phi) is 6.36. The van der Waals surface area contributed by atoms with Gasteiger partial charge in [-0.15, -0.1) is 0 Å². The van der Waals surface area contributed by atoms with Crippen LogP contribution in [0.1, 0.15) is 52.0 Å². The Balaban J connectivity index is 2.19. The van der Waals surface area contributed by atoms with Crippen molar-refractivity contribution in [1.29, 1.82) is 0 Å². The Morgan fingerprint density at radius 1 is 1.39 bits per heavy atom. The molecule has 0 bridgehead atoms. The highest BCUT2D eigenvalue weighted by molar-refractivity contribution is 5.04. The van der Waals surface area contributed by atoms with E-state index in [0.717, 1.165) is 44.0 Å². The minimum absolute atomic E-state index is 0.316. The van der Waals surface area contributed by atoms with Crippen LogP contribution in [0.4, 0.5) is 0 Å². The van der Waals surface area contributed by atoms with Gasteiger partial charge in [-0.05, 0) is 24.8 Å². The fraction of sp³-hybridized carbons (Fsp3) is 0.786. The first kappa shape index (κ1) is 15.2. The predicted octanol–water partition coefficient (Wildman–Crippen LogP) is 3.13. The van der Waals surface area contributed by atoms with Crippen LogP contribution in [0.3, 0.4) is 0 Å². The summed E-state index contributed by atoms with van der Waals surface area (Å²) in [6.45, 7) is 11.8. The second-order valence-electron chi connectivity index (χ2n) is 5.82. The van der Waals surface area contributed by atoms with E-state index in [2.05, 4.69) is 38.2 Å². The topological polar surface area (TPSA) is 47.3 Å². The summed E-state index contributed by atoms with van der Waals surface area (Å²) in [5.74, 6) is 0.803. The second kappa shape index (κ2) is 7.54. The van der Waals surface area contributed by atoms with Crippen molar-refractivity contribution in [1.82, 2.24) is 10.5 Å². The molecule has 0 spiro atoms. The summed E-state index contributed by atoms with van der Waals surface area (Å²) in [5, 5.41) is 7.29. The number of hydrogen-bond acceptors (Lipinski definition) is 4. The van der Waals surface area contributed by atoms with E-state index in [1.165, 1.54) is 0 Å². The van der Waals surface area contributed by atoms with E-state index in [0.29, 0.717) is 12.0 Å². The van der Waals surface area contributed by atoms with Crippen molar-refractivity contribution in [3.8, 4) is 0 Å². The second-order valence-corrected chi connectivity index (χ2v) is 5.82. The average Bonchev–Trinajstić information content (AvgIpc) is 2.72. The van der Waals surface area contributed by atoms with E-state index >= 15 is 0 Å². The van der Waals surface area contributed by atoms with Gasteiger partial charge in [0.2, 0.25) is 0 Å². The Bertz CT molecular complexity index is 329. The van der Waals surface area contributed by atoms with Crippen molar-refractivity contribution in [2.75, 3.05) is 13.2 Å². The quantitative estimate of drug-likeness (QED) is 0.724. The smallest absolute Gasteiger partial charge is 0.162 e. The summed E-state index contributed by atoms with van der Waals surface area (Å²) in [4.78, 5) is 0. The summed E-state index contributed by atoms with van der Waals surface area (Å²) < 4.78 is 10.8. The van der Waals surface area contributed by atoms with Crippen molar-refractivity contribution in [3.05, 3.63) is 17.5 Å². The standard InChI is InChI=1S/C14H26N2O2/c1-5-7-15-10-12-9-13(18-16-12)11-17-8-6-14(2,3)4/h9,15H,5-8,10-11H2,1-4H3. The van der Waals surface area contributed by atoms with Gasteiger partial charge in [-0.2, -0.15) is 0 Å². The number of nitrogens with zero attached hydrogens (tertiary/aromatic N) is 1. The molecular formula is C14H26N2O2. The van der Waals surface area contributed by atoms with Gasteiger partial charge in [-0.1, -0.05) is 32.9 Å². The molecule has 0 saturated carbocycles. The molecule has 1 N–H and O–H groups in total. The van der Waals surface area contributed by atoms with Crippen LogP contribution in [0, 0.1) is 5.41 Å². The molecule has 0 amide bonds. The van der Waals surface area contributed by atoms with Crippen LogP contribution in [0.5, 0.6) is 0 Å². The highest BCUT2D eigenvalue weighted by Crippen LogP contribution is 2.18. The van der Waals surface area contributed by atoms with Gasteiger partial charge in [0.1, 0.15) is 6.61 Å². The molecule has 1 rings (SSSR count). The van der Waals surface area contributed by atoms with E-state index < -0.39 is 0 Å². The maximum Gasteiger partial charge on any atom is 0.162 e. The van der Waals surface area contributed by atoms with Gasteiger partial charge in [-0.25, -0.2) is 0 Å². The lowest BCUT2D eigenvalue weighted by Gasteiger charge is -2.17. The molecule has 0 unspecified atom stereocenters. The first-order valence-electron chi connectivity index (χ1n) is 6.74. The first-order chi connectivity index (χ1) is 8.51. The van der Waals surface area contributed by atoms with Gasteiger partial charge < -0.3 is 14.6 Å². The summed E-state index contributed by atoms with van der Waals surface area (Å²) in [6.07, 6.45) is 2.17. The van der Waals surface area contributed by atoms with E-state index in [4.69, 9.17) is 9.26 Å². The average molecular weight is 254 g/mol. The van der Waals surface area contributed by atoms with Crippen molar-refractivity contribution in [2.45, 2.75) is 53.7 Å². The monoisotopic (exact) mass is 254 g/mol. The van der Waals surface area contributed by atoms with Gasteiger partial charge in [0, 0.05) is 19.2 Å². The molecule has 1 heterocycles. The Labute approximate surface area is 110 Å². The van der Waals surface area contributed by atoms with Crippen LogP contribution in [-0.2, 0) is 17.9 Å². The van der Waals surface area contributed by atoms with Crippen molar-refractivity contribution in [3.63, 3.8) is 0 Å². The maximum atomic E-state index is 5.58. The largest absolute Gasteiger partial charge is 0.373 e. The number of rotatable bonds is 8. The minimum atomic E-state index is 0.316. The number of ether oxygens (including phenoxy) is 1. The van der Waals surface area contributed by atoms with Crippen LogP contribution >= 0.6 is 0 Å². The molecule has 0 aromatic carbocycles. The number of hydrogen-bond donors (Lipinski definition) is 1. The Morgan fingerprint density at radius 3 is 2.83 bits per heavy atom. The third-order valence-electron chi connectivity index (χ3n) is 2.58. The lowest BCUT2D eigenvalue weighted by Crippen LogP contribution is -2.13. The third kappa shape index (κ3) is 6.77. The van der Waals surface area contributed by atoms with Gasteiger partial charge in [0.05, 0.1) is 5.69 Å². The third-order valence-corrected chi connectivity index (χ3v) is 2.58. The van der Waals surface area contributed by atoms with Gasteiger partial charge in [-0.3, -0.25) is 0 Å². The molecular weight excluding hydrogens is 228 g/mol. The molecule has 1 aromatic rings. The number of nitrogens with one attached hydrogen (secondary N) is 1. The zero-order valence-electron chi connectivity index (χ0n) is 12.1. The Hall–Kier alpha value is -0.870. The maximum absolute atomic E-state index is 5.58. The van der Waals surface area contributed by atoms with Crippen LogP contribution in [0.25, 0.3) is 0 Å². The normalized spacial score (nSPS) is 12.0. The summed E-state index contributed by atoms with van der Waals surface area (Å²) in [6, 6.07) is 1.96. The van der Waals surface area contributed by atoms with E-state index in [-0.39, 0.29) is 0 Å². The molecule has 4 nitrogen and oxygen atoms in total. The highest BCUT2D eigenvalue weighted by atomic mass is 16.5. The van der Waals surface area contributed by atoms with Crippen LogP contribution in [0.15, 0.2) is 10.6 Å². The van der Waals surface area contributed by atoms with E-state index in [1.54, 1.807) is 0 Å². The van der Waals surface area contributed by atoms with Gasteiger partial charge in [0.15, 0.2) is 5.76 Å². The van der Waals surface area contributed by atoms with Crippen LogP contribution in [-0.4, -0.2) is 18.3 Å². The molecule has 0 radical (unpaired) electrons. The number of aromatic nitrogens is 1. The fourth-order valence-electron chi connectivity index (χ4n) is 1.45.